The van der Waals surface area contributed by atoms with E-state index in [0.717, 1.165) is 11.1 Å². The SMILES string of the molecule is CCC[C@H](NC(=O)C(CC(C)(C)C)NC(=O)c1cc[nH+]cc1)C(=O)N[C@H](CN[C@@H](C)C(=O)N[C@H](C)c1ccccc1)Cc1ccccc1. The molecule has 0 aliphatic carbocycles. The van der Waals surface area contributed by atoms with Crippen LogP contribution in [-0.4, -0.2) is 54.3 Å². The Morgan fingerprint density at radius 2 is 1.33 bits per heavy atom. The number of carbonyl (C=O) groups is 4. The van der Waals surface area contributed by atoms with E-state index in [2.05, 4.69) is 31.6 Å². The van der Waals surface area contributed by atoms with Crippen LogP contribution in [0.1, 0.15) is 88.3 Å². The first-order valence-corrected chi connectivity index (χ1v) is 16.9. The number of amides is 4. The number of aromatic amines is 1. The molecular weight excluding hydrogens is 604 g/mol. The number of rotatable bonds is 17. The summed E-state index contributed by atoms with van der Waals surface area (Å²) in [7, 11) is 0. The third-order valence-electron chi connectivity index (χ3n) is 8.02. The van der Waals surface area contributed by atoms with E-state index in [9.17, 15) is 19.2 Å². The van der Waals surface area contributed by atoms with Crippen LogP contribution < -0.4 is 31.6 Å². The van der Waals surface area contributed by atoms with Gasteiger partial charge in [-0.05, 0) is 49.7 Å². The maximum atomic E-state index is 13.8. The van der Waals surface area contributed by atoms with Crippen molar-refractivity contribution in [3.05, 3.63) is 102 Å². The average Bonchev–Trinajstić information content (AvgIpc) is 3.07. The topological polar surface area (TPSA) is 143 Å². The van der Waals surface area contributed by atoms with E-state index in [1.807, 2.05) is 95.3 Å². The van der Waals surface area contributed by atoms with Gasteiger partial charge in [-0.1, -0.05) is 94.8 Å². The average molecular weight is 658 g/mol. The molecule has 4 amide bonds. The van der Waals surface area contributed by atoms with Gasteiger partial charge in [0.15, 0.2) is 12.4 Å². The second kappa shape index (κ2) is 18.7. The van der Waals surface area contributed by atoms with E-state index >= 15 is 0 Å². The van der Waals surface area contributed by atoms with Crippen LogP contribution in [0, 0.1) is 5.41 Å². The first-order valence-electron chi connectivity index (χ1n) is 16.9. The number of hydrogen-bond acceptors (Lipinski definition) is 5. The predicted octanol–water partition coefficient (Wildman–Crippen LogP) is 3.90. The van der Waals surface area contributed by atoms with Crippen molar-refractivity contribution in [3.63, 3.8) is 0 Å². The zero-order valence-corrected chi connectivity index (χ0v) is 29.1. The Kier molecular flexibility index (Phi) is 14.7. The summed E-state index contributed by atoms with van der Waals surface area (Å²) >= 11 is 0. The molecular formula is C38H53N6O4+. The maximum absolute atomic E-state index is 13.8. The Morgan fingerprint density at radius 3 is 1.94 bits per heavy atom. The highest BCUT2D eigenvalue weighted by Crippen LogP contribution is 2.21. The van der Waals surface area contributed by atoms with E-state index in [1.165, 1.54) is 0 Å². The Morgan fingerprint density at radius 1 is 0.729 bits per heavy atom. The summed E-state index contributed by atoms with van der Waals surface area (Å²) in [5, 5.41) is 15.3. The monoisotopic (exact) mass is 657 g/mol. The molecule has 0 aliphatic rings. The van der Waals surface area contributed by atoms with Crippen LogP contribution in [0.4, 0.5) is 0 Å². The molecule has 2 aromatic carbocycles. The molecule has 0 spiro atoms. The lowest BCUT2D eigenvalue weighted by Gasteiger charge is -2.29. The lowest BCUT2D eigenvalue weighted by atomic mass is 9.87. The van der Waals surface area contributed by atoms with Gasteiger partial charge < -0.3 is 26.6 Å². The van der Waals surface area contributed by atoms with Crippen LogP contribution in [0.25, 0.3) is 0 Å². The first-order chi connectivity index (χ1) is 22.9. The summed E-state index contributed by atoms with van der Waals surface area (Å²) in [4.78, 5) is 56.4. The molecule has 1 aromatic heterocycles. The van der Waals surface area contributed by atoms with Gasteiger partial charge >= 0.3 is 0 Å². The molecule has 48 heavy (non-hydrogen) atoms. The fourth-order valence-electron chi connectivity index (χ4n) is 5.38. The van der Waals surface area contributed by atoms with Gasteiger partial charge in [-0.3, -0.25) is 19.2 Å². The third kappa shape index (κ3) is 12.9. The molecule has 10 heteroatoms. The van der Waals surface area contributed by atoms with Crippen molar-refractivity contribution in [1.82, 2.24) is 26.6 Å². The molecule has 0 saturated heterocycles. The molecule has 0 fully saturated rings. The molecule has 10 nitrogen and oxygen atoms in total. The second-order valence-corrected chi connectivity index (χ2v) is 13.6. The number of H-pyrrole nitrogens is 1. The highest BCUT2D eigenvalue weighted by Gasteiger charge is 2.31. The fourth-order valence-corrected chi connectivity index (χ4v) is 5.38. The Labute approximate surface area is 285 Å². The lowest BCUT2D eigenvalue weighted by Crippen LogP contribution is -2.57. The van der Waals surface area contributed by atoms with Crippen molar-refractivity contribution in [2.24, 2.45) is 5.41 Å². The normalized spacial score (nSPS) is 14.5. The highest BCUT2D eigenvalue weighted by atomic mass is 16.2. The second-order valence-electron chi connectivity index (χ2n) is 13.6. The summed E-state index contributed by atoms with van der Waals surface area (Å²) in [6.45, 7) is 12.0. The first kappa shape index (κ1) is 37.9. The van der Waals surface area contributed by atoms with Crippen LogP contribution in [0.2, 0.25) is 0 Å². The quantitative estimate of drug-likeness (QED) is 0.150. The summed E-state index contributed by atoms with van der Waals surface area (Å²) in [5.74, 6) is -1.24. The maximum Gasteiger partial charge on any atom is 0.252 e. The molecule has 1 unspecified atom stereocenters. The molecule has 258 valence electrons. The number of nitrogens with one attached hydrogen (secondary N) is 6. The lowest BCUT2D eigenvalue weighted by molar-refractivity contribution is -0.378. The van der Waals surface area contributed by atoms with Gasteiger partial charge in [0.25, 0.3) is 5.91 Å². The standard InChI is InChI=1S/C38H52N6O4/c1-7-14-32(43-37(48)33(24-38(4,5)6)44-35(46)30-19-21-39-22-20-30)36(47)42-31(23-28-15-10-8-11-16-28)25-40-27(3)34(45)41-26(2)29-17-12-9-13-18-29/h8-13,15-22,26-27,31-33,40H,7,14,23-25H2,1-6H3,(H,41,45)(H,42,47)(H,43,48)(H,44,46)/p+1/t26-,27+,31+,32+,33?/m1/s1. The van der Waals surface area contributed by atoms with E-state index < -0.39 is 24.0 Å². The zero-order valence-electron chi connectivity index (χ0n) is 29.1. The van der Waals surface area contributed by atoms with Crippen LogP contribution in [0.5, 0.6) is 0 Å². The highest BCUT2D eigenvalue weighted by molar-refractivity contribution is 5.98. The summed E-state index contributed by atoms with van der Waals surface area (Å²) < 4.78 is 0. The minimum atomic E-state index is -0.840. The van der Waals surface area contributed by atoms with Gasteiger partial charge in [0.1, 0.15) is 12.1 Å². The summed E-state index contributed by atoms with van der Waals surface area (Å²) in [5.41, 5.74) is 2.20. The van der Waals surface area contributed by atoms with Crippen molar-refractivity contribution in [1.29, 1.82) is 0 Å². The molecule has 0 saturated carbocycles. The molecule has 0 radical (unpaired) electrons. The van der Waals surface area contributed by atoms with Crippen LogP contribution in [-0.2, 0) is 20.8 Å². The van der Waals surface area contributed by atoms with Crippen molar-refractivity contribution < 1.29 is 24.2 Å². The smallest absolute Gasteiger partial charge is 0.252 e. The van der Waals surface area contributed by atoms with Crippen molar-refractivity contribution in [2.45, 2.75) is 97.4 Å². The van der Waals surface area contributed by atoms with E-state index in [0.29, 0.717) is 37.8 Å². The van der Waals surface area contributed by atoms with Crippen molar-refractivity contribution in [2.75, 3.05) is 6.54 Å². The van der Waals surface area contributed by atoms with Crippen molar-refractivity contribution in [3.8, 4) is 0 Å². The Balaban J connectivity index is 1.70. The van der Waals surface area contributed by atoms with Gasteiger partial charge in [0.2, 0.25) is 17.7 Å². The fraction of sp³-hybridized carbons (Fsp3) is 0.447. The Hall–Kier alpha value is -4.57. The van der Waals surface area contributed by atoms with Gasteiger partial charge in [-0.15, -0.1) is 0 Å². The van der Waals surface area contributed by atoms with Gasteiger partial charge in [0, 0.05) is 24.7 Å². The molecule has 0 aliphatic heterocycles. The van der Waals surface area contributed by atoms with E-state index in [1.54, 1.807) is 31.5 Å². The minimum absolute atomic E-state index is 0.146. The zero-order chi connectivity index (χ0) is 35.1. The molecule has 6 N–H and O–H groups in total. The minimum Gasteiger partial charge on any atom is -0.350 e. The summed E-state index contributed by atoms with van der Waals surface area (Å²) in [6, 6.07) is 20.2. The largest absolute Gasteiger partial charge is 0.350 e. The molecule has 1 heterocycles. The number of carbonyl (C=O) groups excluding carboxylic acids is 4. The predicted molar refractivity (Wildman–Crippen MR) is 188 cm³/mol. The van der Waals surface area contributed by atoms with Crippen molar-refractivity contribution >= 4 is 23.6 Å². The van der Waals surface area contributed by atoms with E-state index in [4.69, 9.17) is 0 Å². The van der Waals surface area contributed by atoms with Crippen LogP contribution in [0.3, 0.4) is 0 Å². The molecule has 3 rings (SSSR count). The van der Waals surface area contributed by atoms with Gasteiger partial charge in [-0.25, -0.2) is 4.98 Å². The number of hydrogen-bond donors (Lipinski definition) is 5. The molecule has 5 atom stereocenters. The molecule has 3 aromatic rings. The third-order valence-corrected chi connectivity index (χ3v) is 8.02. The van der Waals surface area contributed by atoms with Gasteiger partial charge in [-0.2, -0.15) is 0 Å². The van der Waals surface area contributed by atoms with E-state index in [-0.39, 0.29) is 35.2 Å². The van der Waals surface area contributed by atoms with Gasteiger partial charge in [0.05, 0.1) is 17.6 Å². The summed E-state index contributed by atoms with van der Waals surface area (Å²) in [6.07, 6.45) is 5.28. The van der Waals surface area contributed by atoms with Crippen LogP contribution >= 0.6 is 0 Å². The number of pyridine rings is 1. The van der Waals surface area contributed by atoms with Crippen LogP contribution in [0.15, 0.2) is 85.2 Å². The number of benzene rings is 2. The Bertz CT molecular complexity index is 1450. The number of aromatic nitrogens is 1. The molecule has 0 bridgehead atoms.